The minimum Gasteiger partial charge on any atom is -0.358 e. The molecule has 0 fully saturated rings. The molecule has 4 nitrogen and oxygen atoms in total. The van der Waals surface area contributed by atoms with Gasteiger partial charge in [-0.05, 0) is 49.3 Å². The Morgan fingerprint density at radius 1 is 1.32 bits per heavy atom. The van der Waals surface area contributed by atoms with E-state index in [1.165, 1.54) is 11.1 Å². The number of rotatable bonds is 3. The van der Waals surface area contributed by atoms with Crippen molar-refractivity contribution in [2.45, 2.75) is 20.4 Å². The van der Waals surface area contributed by atoms with Crippen molar-refractivity contribution in [3.05, 3.63) is 47.3 Å². The summed E-state index contributed by atoms with van der Waals surface area (Å²) in [6.07, 6.45) is 3.79. The molecular formula is C14H18N4S. The lowest BCUT2D eigenvalue weighted by molar-refractivity contribution is 0.766. The van der Waals surface area contributed by atoms with Gasteiger partial charge in [0.05, 0.1) is 6.20 Å². The van der Waals surface area contributed by atoms with E-state index in [9.17, 15) is 0 Å². The van der Waals surface area contributed by atoms with E-state index in [0.717, 1.165) is 11.3 Å². The fourth-order valence-electron chi connectivity index (χ4n) is 1.74. The van der Waals surface area contributed by atoms with Crippen molar-refractivity contribution in [2.75, 3.05) is 5.32 Å². The van der Waals surface area contributed by atoms with E-state index in [1.807, 2.05) is 25.5 Å². The minimum atomic E-state index is 0.618. The predicted octanol–water partition coefficient (Wildman–Crippen LogP) is 2.52. The molecule has 100 valence electrons. The highest BCUT2D eigenvalue weighted by Gasteiger charge is 2.01. The molecule has 1 aromatic carbocycles. The number of nitrogens with zero attached hydrogens (tertiary/aromatic N) is 2. The number of hydrogen-bond donors (Lipinski definition) is 2. The van der Waals surface area contributed by atoms with Gasteiger partial charge in [0.15, 0.2) is 5.11 Å². The van der Waals surface area contributed by atoms with E-state index in [1.54, 1.807) is 4.68 Å². The zero-order chi connectivity index (χ0) is 13.8. The molecule has 5 heteroatoms. The van der Waals surface area contributed by atoms with Crippen molar-refractivity contribution in [3.63, 3.8) is 0 Å². The monoisotopic (exact) mass is 274 g/mol. The molecule has 0 aliphatic heterocycles. The van der Waals surface area contributed by atoms with Crippen LogP contribution in [0, 0.1) is 13.8 Å². The summed E-state index contributed by atoms with van der Waals surface area (Å²) in [5.41, 5.74) is 4.64. The zero-order valence-corrected chi connectivity index (χ0v) is 12.2. The summed E-state index contributed by atoms with van der Waals surface area (Å²) in [4.78, 5) is 0. The first-order valence-electron chi connectivity index (χ1n) is 6.14. The molecule has 0 radical (unpaired) electrons. The van der Waals surface area contributed by atoms with Crippen LogP contribution in [0.15, 0.2) is 30.6 Å². The van der Waals surface area contributed by atoms with Crippen molar-refractivity contribution in [3.8, 4) is 0 Å². The normalized spacial score (nSPS) is 10.3. The fourth-order valence-corrected chi connectivity index (χ4v) is 1.93. The summed E-state index contributed by atoms with van der Waals surface area (Å²) in [5, 5.41) is 11.1. The quantitative estimate of drug-likeness (QED) is 0.844. The lowest BCUT2D eigenvalue weighted by Gasteiger charge is -2.11. The van der Waals surface area contributed by atoms with Crippen LogP contribution in [0.4, 0.5) is 5.69 Å². The average Bonchev–Trinajstić information content (AvgIpc) is 2.77. The Labute approximate surface area is 118 Å². The maximum atomic E-state index is 5.27. The van der Waals surface area contributed by atoms with Gasteiger partial charge in [0.25, 0.3) is 0 Å². The summed E-state index contributed by atoms with van der Waals surface area (Å²) in [7, 11) is 1.90. The molecule has 0 aliphatic rings. The third kappa shape index (κ3) is 3.79. The Morgan fingerprint density at radius 3 is 2.74 bits per heavy atom. The topological polar surface area (TPSA) is 41.9 Å². The summed E-state index contributed by atoms with van der Waals surface area (Å²) in [6.45, 7) is 4.86. The first-order chi connectivity index (χ1) is 9.04. The SMILES string of the molecule is Cc1ccc(NC(=S)NCc2cnn(C)c2)cc1C. The van der Waals surface area contributed by atoms with E-state index >= 15 is 0 Å². The number of benzene rings is 1. The van der Waals surface area contributed by atoms with Crippen LogP contribution >= 0.6 is 12.2 Å². The third-order valence-corrected chi connectivity index (χ3v) is 3.22. The molecule has 0 amide bonds. The van der Waals surface area contributed by atoms with Crippen molar-refractivity contribution in [1.82, 2.24) is 15.1 Å². The maximum Gasteiger partial charge on any atom is 0.171 e. The van der Waals surface area contributed by atoms with Crippen molar-refractivity contribution in [1.29, 1.82) is 0 Å². The van der Waals surface area contributed by atoms with E-state index in [0.29, 0.717) is 11.7 Å². The molecule has 2 rings (SSSR count). The minimum absolute atomic E-state index is 0.618. The van der Waals surface area contributed by atoms with Gasteiger partial charge in [-0.15, -0.1) is 0 Å². The van der Waals surface area contributed by atoms with Crippen molar-refractivity contribution in [2.24, 2.45) is 7.05 Å². The van der Waals surface area contributed by atoms with Gasteiger partial charge in [-0.2, -0.15) is 5.10 Å². The molecule has 2 aromatic rings. The van der Waals surface area contributed by atoms with E-state index in [-0.39, 0.29) is 0 Å². The van der Waals surface area contributed by atoms with Gasteiger partial charge in [0.2, 0.25) is 0 Å². The first-order valence-corrected chi connectivity index (χ1v) is 6.55. The maximum absolute atomic E-state index is 5.27. The first kappa shape index (κ1) is 13.5. The van der Waals surface area contributed by atoms with Gasteiger partial charge in [-0.3, -0.25) is 4.68 Å². The van der Waals surface area contributed by atoms with Gasteiger partial charge in [0.1, 0.15) is 0 Å². The number of hydrogen-bond acceptors (Lipinski definition) is 2. The highest BCUT2D eigenvalue weighted by Crippen LogP contribution is 2.13. The summed E-state index contributed by atoms with van der Waals surface area (Å²) in [6, 6.07) is 6.20. The van der Waals surface area contributed by atoms with Gasteiger partial charge in [0, 0.05) is 31.0 Å². The molecule has 19 heavy (non-hydrogen) atoms. The lowest BCUT2D eigenvalue weighted by atomic mass is 10.1. The molecule has 0 aliphatic carbocycles. The molecule has 0 bridgehead atoms. The largest absolute Gasteiger partial charge is 0.358 e. The Balaban J connectivity index is 1.88. The Bertz CT molecular complexity index is 589. The fraction of sp³-hybridized carbons (Fsp3) is 0.286. The average molecular weight is 274 g/mol. The number of aromatic nitrogens is 2. The van der Waals surface area contributed by atoms with Crippen LogP contribution in [0.3, 0.4) is 0 Å². The second-order valence-electron chi connectivity index (χ2n) is 4.63. The van der Waals surface area contributed by atoms with Gasteiger partial charge >= 0.3 is 0 Å². The number of aryl methyl sites for hydroxylation is 3. The zero-order valence-electron chi connectivity index (χ0n) is 11.4. The van der Waals surface area contributed by atoms with Crippen molar-refractivity contribution < 1.29 is 0 Å². The van der Waals surface area contributed by atoms with Crippen LogP contribution in [0.5, 0.6) is 0 Å². The standard InChI is InChI=1S/C14H18N4S/c1-10-4-5-13(6-11(10)2)17-14(19)15-7-12-8-16-18(3)9-12/h4-6,8-9H,7H2,1-3H3,(H2,15,17,19). The number of thiocarbonyl (C=S) groups is 1. The van der Waals surface area contributed by atoms with Crippen LogP contribution in [0.2, 0.25) is 0 Å². The second-order valence-corrected chi connectivity index (χ2v) is 5.04. The molecule has 1 heterocycles. The number of nitrogens with one attached hydrogen (secondary N) is 2. The summed E-state index contributed by atoms with van der Waals surface area (Å²) in [5.74, 6) is 0. The Kier molecular flexibility index (Phi) is 4.16. The van der Waals surface area contributed by atoms with Crippen LogP contribution in [0.1, 0.15) is 16.7 Å². The van der Waals surface area contributed by atoms with Crippen molar-refractivity contribution >= 4 is 23.0 Å². The van der Waals surface area contributed by atoms with E-state index in [4.69, 9.17) is 12.2 Å². The third-order valence-electron chi connectivity index (χ3n) is 2.98. The lowest BCUT2D eigenvalue weighted by Crippen LogP contribution is -2.27. The van der Waals surface area contributed by atoms with Crippen LogP contribution < -0.4 is 10.6 Å². The molecule has 0 saturated heterocycles. The van der Waals surface area contributed by atoms with E-state index in [2.05, 4.69) is 41.7 Å². The number of anilines is 1. The Hall–Kier alpha value is -1.88. The van der Waals surface area contributed by atoms with Gasteiger partial charge < -0.3 is 10.6 Å². The molecule has 0 atom stereocenters. The Morgan fingerprint density at radius 2 is 2.11 bits per heavy atom. The molecule has 2 N–H and O–H groups in total. The van der Waals surface area contributed by atoms with Crippen LogP contribution in [-0.2, 0) is 13.6 Å². The highest BCUT2D eigenvalue weighted by atomic mass is 32.1. The summed E-state index contributed by atoms with van der Waals surface area (Å²) >= 11 is 5.27. The second kappa shape index (κ2) is 5.84. The van der Waals surface area contributed by atoms with Gasteiger partial charge in [-0.25, -0.2) is 0 Å². The van der Waals surface area contributed by atoms with Gasteiger partial charge in [-0.1, -0.05) is 6.07 Å². The van der Waals surface area contributed by atoms with E-state index < -0.39 is 0 Å². The molecular weight excluding hydrogens is 256 g/mol. The summed E-state index contributed by atoms with van der Waals surface area (Å²) < 4.78 is 1.77. The molecule has 0 unspecified atom stereocenters. The smallest absolute Gasteiger partial charge is 0.171 e. The predicted molar refractivity (Wildman–Crippen MR) is 82.2 cm³/mol. The molecule has 0 saturated carbocycles. The van der Waals surface area contributed by atoms with Crippen LogP contribution in [-0.4, -0.2) is 14.9 Å². The molecule has 1 aromatic heterocycles. The molecule has 0 spiro atoms. The van der Waals surface area contributed by atoms with Crippen LogP contribution in [0.25, 0.3) is 0 Å². The highest BCUT2D eigenvalue weighted by molar-refractivity contribution is 7.80.